The van der Waals surface area contributed by atoms with Crippen LogP contribution in [0.4, 0.5) is 0 Å². The third-order valence-corrected chi connectivity index (χ3v) is 3.67. The summed E-state index contributed by atoms with van der Waals surface area (Å²) >= 11 is 11.6. The van der Waals surface area contributed by atoms with Crippen LogP contribution in [0.5, 0.6) is 0 Å². The van der Waals surface area contributed by atoms with Crippen LogP contribution in [0.1, 0.15) is 28.4 Å². The molecule has 4 heteroatoms. The lowest BCUT2D eigenvalue weighted by molar-refractivity contribution is 0.0921. The monoisotopic (exact) mass is 273 g/mol. The highest BCUT2D eigenvalue weighted by Crippen LogP contribution is 2.13. The smallest absolute Gasteiger partial charge is 0.251 e. The number of hydrogen-bond donors (Lipinski definition) is 1. The van der Waals surface area contributed by atoms with Crippen LogP contribution < -0.4 is 5.32 Å². The third-order valence-electron chi connectivity index (χ3n) is 2.49. The summed E-state index contributed by atoms with van der Waals surface area (Å²) < 4.78 is 0. The maximum atomic E-state index is 12.1. The van der Waals surface area contributed by atoms with Crippen molar-refractivity contribution < 1.29 is 4.79 Å². The molecule has 0 unspecified atom stereocenters. The molecule has 0 aliphatic heterocycles. The highest BCUT2D eigenvalue weighted by atomic mass is 35.5. The molecule has 0 aliphatic rings. The van der Waals surface area contributed by atoms with E-state index in [4.69, 9.17) is 23.2 Å². The Balaban J connectivity index is 2.90. The zero-order valence-electron chi connectivity index (χ0n) is 10.3. The predicted molar refractivity (Wildman–Crippen MR) is 73.2 cm³/mol. The fraction of sp³-hybridized carbons (Fsp3) is 0.462. The maximum absolute atomic E-state index is 12.1. The van der Waals surface area contributed by atoms with Crippen molar-refractivity contribution in [2.75, 3.05) is 11.8 Å². The van der Waals surface area contributed by atoms with E-state index in [1.807, 2.05) is 39.0 Å². The largest absolute Gasteiger partial charge is 0.344 e. The molecule has 0 aliphatic carbocycles. The van der Waals surface area contributed by atoms with Crippen molar-refractivity contribution in [1.29, 1.82) is 0 Å². The van der Waals surface area contributed by atoms with Crippen LogP contribution in [0.25, 0.3) is 0 Å². The lowest BCUT2D eigenvalue weighted by Gasteiger charge is -2.26. The van der Waals surface area contributed by atoms with Crippen LogP contribution in [0.2, 0.25) is 0 Å². The molecule has 0 atom stereocenters. The average Bonchev–Trinajstić information content (AvgIpc) is 2.27. The molecule has 0 aromatic heterocycles. The maximum Gasteiger partial charge on any atom is 0.251 e. The van der Waals surface area contributed by atoms with Crippen molar-refractivity contribution >= 4 is 29.1 Å². The van der Waals surface area contributed by atoms with Crippen LogP contribution in [0, 0.1) is 13.8 Å². The Hall–Kier alpha value is -0.730. The van der Waals surface area contributed by atoms with E-state index in [1.165, 1.54) is 0 Å². The topological polar surface area (TPSA) is 29.1 Å². The molecule has 1 rings (SSSR count). The first-order valence-corrected chi connectivity index (χ1v) is 6.50. The first-order valence-electron chi connectivity index (χ1n) is 5.43. The Morgan fingerprint density at radius 2 is 1.65 bits per heavy atom. The number of aryl methyl sites for hydroxylation is 2. The zero-order valence-corrected chi connectivity index (χ0v) is 11.8. The van der Waals surface area contributed by atoms with Crippen molar-refractivity contribution in [2.24, 2.45) is 0 Å². The second-order valence-electron chi connectivity index (χ2n) is 4.66. The van der Waals surface area contributed by atoms with Gasteiger partial charge in [-0.1, -0.05) is 17.2 Å². The van der Waals surface area contributed by atoms with E-state index >= 15 is 0 Å². The summed E-state index contributed by atoms with van der Waals surface area (Å²) in [6.45, 7) is 5.76. The average molecular weight is 274 g/mol. The molecule has 0 fully saturated rings. The van der Waals surface area contributed by atoms with Crippen molar-refractivity contribution in [3.05, 3.63) is 34.9 Å². The third kappa shape index (κ3) is 3.90. The van der Waals surface area contributed by atoms with E-state index in [9.17, 15) is 4.79 Å². The number of alkyl halides is 2. The molecule has 17 heavy (non-hydrogen) atoms. The molecule has 0 bridgehead atoms. The van der Waals surface area contributed by atoms with Gasteiger partial charge in [-0.05, 0) is 32.9 Å². The number of rotatable bonds is 4. The molecular formula is C13H17Cl2NO. The van der Waals surface area contributed by atoms with Gasteiger partial charge in [-0.15, -0.1) is 23.2 Å². The molecule has 0 heterocycles. The van der Waals surface area contributed by atoms with Crippen LogP contribution in [-0.2, 0) is 0 Å². The summed E-state index contributed by atoms with van der Waals surface area (Å²) in [6.07, 6.45) is 0. The van der Waals surface area contributed by atoms with E-state index in [-0.39, 0.29) is 17.7 Å². The quantitative estimate of drug-likeness (QED) is 0.839. The van der Waals surface area contributed by atoms with Gasteiger partial charge in [0, 0.05) is 17.3 Å². The van der Waals surface area contributed by atoms with Crippen LogP contribution in [0.15, 0.2) is 18.2 Å². The van der Waals surface area contributed by atoms with E-state index in [0.717, 1.165) is 11.1 Å². The molecule has 0 saturated carbocycles. The van der Waals surface area contributed by atoms with E-state index < -0.39 is 5.54 Å². The predicted octanol–water partition coefficient (Wildman–Crippen LogP) is 3.27. The van der Waals surface area contributed by atoms with Gasteiger partial charge in [0.2, 0.25) is 0 Å². The summed E-state index contributed by atoms with van der Waals surface area (Å²) in [5, 5.41) is 2.86. The lowest BCUT2D eigenvalue weighted by atomic mass is 10.0. The summed E-state index contributed by atoms with van der Waals surface area (Å²) in [6, 6.07) is 5.73. The number of benzene rings is 1. The van der Waals surface area contributed by atoms with Gasteiger partial charge < -0.3 is 5.32 Å². The number of hydrogen-bond acceptors (Lipinski definition) is 1. The first kappa shape index (κ1) is 14.3. The van der Waals surface area contributed by atoms with Crippen LogP contribution >= 0.6 is 23.2 Å². The van der Waals surface area contributed by atoms with Gasteiger partial charge in [0.25, 0.3) is 5.91 Å². The van der Waals surface area contributed by atoms with Crippen molar-refractivity contribution in [2.45, 2.75) is 26.3 Å². The minimum Gasteiger partial charge on any atom is -0.344 e. The molecule has 94 valence electrons. The van der Waals surface area contributed by atoms with Gasteiger partial charge in [0.05, 0.1) is 5.54 Å². The number of amides is 1. The van der Waals surface area contributed by atoms with Crippen molar-refractivity contribution in [1.82, 2.24) is 5.32 Å². The van der Waals surface area contributed by atoms with Gasteiger partial charge in [0.15, 0.2) is 0 Å². The SMILES string of the molecule is Cc1cc(C)cc(C(=O)NC(C)(CCl)CCl)c1. The Kier molecular flexibility index (Phi) is 4.84. The molecule has 2 nitrogen and oxygen atoms in total. The number of carbonyl (C=O) groups is 1. The minimum atomic E-state index is -0.572. The number of halogens is 2. The minimum absolute atomic E-state index is 0.138. The standard InChI is InChI=1S/C13H17Cl2NO/c1-9-4-10(2)6-11(5-9)12(17)16-13(3,7-14)8-15/h4-6H,7-8H2,1-3H3,(H,16,17). The molecule has 0 saturated heterocycles. The Bertz CT molecular complexity index is 394. The fourth-order valence-electron chi connectivity index (χ4n) is 1.55. The summed E-state index contributed by atoms with van der Waals surface area (Å²) in [5.41, 5.74) is 2.20. The second-order valence-corrected chi connectivity index (χ2v) is 5.19. The molecule has 1 aromatic rings. The van der Waals surface area contributed by atoms with Crippen LogP contribution in [0.3, 0.4) is 0 Å². The molecule has 0 radical (unpaired) electrons. The van der Waals surface area contributed by atoms with Crippen molar-refractivity contribution in [3.8, 4) is 0 Å². The molecular weight excluding hydrogens is 257 g/mol. The van der Waals surface area contributed by atoms with Gasteiger partial charge in [-0.25, -0.2) is 0 Å². The first-order chi connectivity index (χ1) is 7.90. The van der Waals surface area contributed by atoms with Gasteiger partial charge in [-0.2, -0.15) is 0 Å². The molecule has 1 amide bonds. The summed E-state index contributed by atoms with van der Waals surface area (Å²) in [4.78, 5) is 12.1. The molecule has 0 spiro atoms. The Morgan fingerprint density at radius 1 is 1.18 bits per heavy atom. The highest BCUT2D eigenvalue weighted by Gasteiger charge is 2.24. The highest BCUT2D eigenvalue weighted by molar-refractivity contribution is 6.22. The summed E-state index contributed by atoms with van der Waals surface area (Å²) in [7, 11) is 0. The summed E-state index contributed by atoms with van der Waals surface area (Å²) in [5.74, 6) is 0.431. The Labute approximate surface area is 112 Å². The van der Waals surface area contributed by atoms with E-state index in [2.05, 4.69) is 5.32 Å². The normalized spacial score (nSPS) is 11.4. The number of nitrogens with one attached hydrogen (secondary N) is 1. The van der Waals surface area contributed by atoms with E-state index in [0.29, 0.717) is 5.56 Å². The van der Waals surface area contributed by atoms with Gasteiger partial charge >= 0.3 is 0 Å². The van der Waals surface area contributed by atoms with Gasteiger partial charge in [-0.3, -0.25) is 4.79 Å². The zero-order chi connectivity index (χ0) is 13.1. The van der Waals surface area contributed by atoms with Crippen LogP contribution in [-0.4, -0.2) is 23.2 Å². The number of carbonyl (C=O) groups excluding carboxylic acids is 1. The second kappa shape index (κ2) is 5.74. The van der Waals surface area contributed by atoms with Crippen molar-refractivity contribution in [3.63, 3.8) is 0 Å². The van der Waals surface area contributed by atoms with Gasteiger partial charge in [0.1, 0.15) is 0 Å². The van der Waals surface area contributed by atoms with E-state index in [1.54, 1.807) is 0 Å². The lowest BCUT2D eigenvalue weighted by Crippen LogP contribution is -2.49. The Morgan fingerprint density at radius 3 is 2.06 bits per heavy atom. The molecule has 1 N–H and O–H groups in total. The fourth-order valence-corrected chi connectivity index (χ4v) is 1.97. The molecule has 1 aromatic carbocycles.